The molecule has 0 radical (unpaired) electrons. The molecule has 0 unspecified atom stereocenters. The van der Waals surface area contributed by atoms with Crippen molar-refractivity contribution in [3.63, 3.8) is 0 Å². The van der Waals surface area contributed by atoms with Gasteiger partial charge in [0, 0.05) is 18.1 Å². The number of aromatic nitrogens is 2. The molecule has 2 rings (SSSR count). The molecule has 2 aromatic rings. The molecule has 1 aromatic heterocycles. The first kappa shape index (κ1) is 16.4. The number of anilines is 2. The van der Waals surface area contributed by atoms with E-state index in [0.717, 1.165) is 15.7 Å². The van der Waals surface area contributed by atoms with Crippen molar-refractivity contribution in [1.29, 1.82) is 0 Å². The number of aryl methyl sites for hydroxylation is 1. The molecule has 0 saturated carbocycles. The number of rotatable bonds is 6. The summed E-state index contributed by atoms with van der Waals surface area (Å²) in [5.41, 5.74) is 2.31. The summed E-state index contributed by atoms with van der Waals surface area (Å²) in [6, 6.07) is 5.96. The van der Waals surface area contributed by atoms with Crippen LogP contribution < -0.4 is 10.6 Å². The van der Waals surface area contributed by atoms with Crippen molar-refractivity contribution in [3.05, 3.63) is 46.3 Å². The number of nitrogens with zero attached hydrogens (tertiary/aromatic N) is 2. The third-order valence-electron chi connectivity index (χ3n) is 2.86. The summed E-state index contributed by atoms with van der Waals surface area (Å²) in [5, 5.41) is 5.84. The fourth-order valence-corrected chi connectivity index (χ4v) is 2.32. The van der Waals surface area contributed by atoms with Gasteiger partial charge in [-0.15, -0.1) is 0 Å². The minimum absolute atomic E-state index is 0.268. The summed E-state index contributed by atoms with van der Waals surface area (Å²) in [6.45, 7) is 2.92. The summed E-state index contributed by atoms with van der Waals surface area (Å²) >= 11 is 3.49. The van der Waals surface area contributed by atoms with Crippen LogP contribution in [-0.4, -0.2) is 36.1 Å². The molecule has 0 aliphatic carbocycles. The van der Waals surface area contributed by atoms with E-state index in [9.17, 15) is 4.79 Å². The fourth-order valence-electron chi connectivity index (χ4n) is 1.73. The van der Waals surface area contributed by atoms with Crippen molar-refractivity contribution >= 4 is 33.3 Å². The molecule has 0 aliphatic rings. The summed E-state index contributed by atoms with van der Waals surface area (Å²) in [6.07, 6.45) is 2.96. The zero-order valence-corrected chi connectivity index (χ0v) is 14.0. The number of nitrogens with one attached hydrogen (secondary N) is 2. The van der Waals surface area contributed by atoms with Crippen LogP contribution in [0.25, 0.3) is 0 Å². The van der Waals surface area contributed by atoms with Gasteiger partial charge in [0.2, 0.25) is 0 Å². The maximum Gasteiger partial charge on any atom is 0.271 e. The van der Waals surface area contributed by atoms with Crippen LogP contribution in [0.5, 0.6) is 0 Å². The maximum absolute atomic E-state index is 11.8. The minimum Gasteiger partial charge on any atom is -0.383 e. The maximum atomic E-state index is 11.8. The highest BCUT2D eigenvalue weighted by atomic mass is 79.9. The number of methoxy groups -OCH3 is 1. The first-order valence-corrected chi connectivity index (χ1v) is 7.52. The summed E-state index contributed by atoms with van der Waals surface area (Å²) in [5.74, 6) is 0.297. The smallest absolute Gasteiger partial charge is 0.271 e. The van der Waals surface area contributed by atoms with Crippen molar-refractivity contribution in [2.24, 2.45) is 0 Å². The molecule has 0 bridgehead atoms. The Morgan fingerprint density at radius 3 is 2.77 bits per heavy atom. The van der Waals surface area contributed by atoms with Gasteiger partial charge in [0.25, 0.3) is 5.91 Å². The molecule has 2 N–H and O–H groups in total. The molecule has 0 fully saturated rings. The van der Waals surface area contributed by atoms with E-state index in [-0.39, 0.29) is 11.6 Å². The Labute approximate surface area is 137 Å². The summed E-state index contributed by atoms with van der Waals surface area (Å²) in [4.78, 5) is 20.1. The molecule has 6 nitrogen and oxygen atoms in total. The Hall–Kier alpha value is -1.99. The van der Waals surface area contributed by atoms with E-state index in [4.69, 9.17) is 4.74 Å². The zero-order chi connectivity index (χ0) is 15.9. The van der Waals surface area contributed by atoms with Crippen LogP contribution in [0, 0.1) is 6.92 Å². The Bertz CT molecular complexity index is 646. The van der Waals surface area contributed by atoms with E-state index < -0.39 is 0 Å². The lowest BCUT2D eigenvalue weighted by Gasteiger charge is -2.09. The number of amides is 1. The molecule has 0 spiro atoms. The first-order valence-electron chi connectivity index (χ1n) is 6.72. The average molecular weight is 365 g/mol. The molecule has 1 aromatic carbocycles. The fraction of sp³-hybridized carbons (Fsp3) is 0.267. The number of benzene rings is 1. The van der Waals surface area contributed by atoms with Crippen LogP contribution in [0.4, 0.5) is 11.5 Å². The largest absolute Gasteiger partial charge is 0.383 e. The van der Waals surface area contributed by atoms with Crippen LogP contribution in [-0.2, 0) is 4.74 Å². The van der Waals surface area contributed by atoms with E-state index in [1.54, 1.807) is 7.11 Å². The monoisotopic (exact) mass is 364 g/mol. The molecule has 0 atom stereocenters. The van der Waals surface area contributed by atoms with Crippen LogP contribution in [0.3, 0.4) is 0 Å². The van der Waals surface area contributed by atoms with Crippen LogP contribution in [0.15, 0.2) is 35.1 Å². The molecule has 1 heterocycles. The van der Waals surface area contributed by atoms with Crippen LogP contribution >= 0.6 is 15.9 Å². The number of ether oxygens (including phenoxy) is 1. The van der Waals surface area contributed by atoms with Crippen molar-refractivity contribution in [3.8, 4) is 0 Å². The Kier molecular flexibility index (Phi) is 5.85. The standard InChI is InChI=1S/C15H17BrN4O2/c1-10-3-4-12(11(16)7-10)20-14-9-18-13(8-19-14)15(21)17-5-6-22-2/h3-4,7-9H,5-6H2,1-2H3,(H,17,21)(H,19,20). The number of halogens is 1. The van der Waals surface area contributed by atoms with E-state index in [0.29, 0.717) is 19.0 Å². The molecule has 0 aliphatic heterocycles. The zero-order valence-electron chi connectivity index (χ0n) is 12.4. The quantitative estimate of drug-likeness (QED) is 0.770. The van der Waals surface area contributed by atoms with E-state index >= 15 is 0 Å². The van der Waals surface area contributed by atoms with Gasteiger partial charge in [-0.2, -0.15) is 0 Å². The van der Waals surface area contributed by atoms with Gasteiger partial charge in [-0.1, -0.05) is 6.07 Å². The minimum atomic E-state index is -0.271. The van der Waals surface area contributed by atoms with Gasteiger partial charge in [0.05, 0.1) is 24.7 Å². The average Bonchev–Trinajstić information content (AvgIpc) is 2.51. The molecule has 7 heteroatoms. The lowest BCUT2D eigenvalue weighted by molar-refractivity contribution is 0.0932. The van der Waals surface area contributed by atoms with Gasteiger partial charge < -0.3 is 15.4 Å². The van der Waals surface area contributed by atoms with Gasteiger partial charge in [0.1, 0.15) is 11.5 Å². The van der Waals surface area contributed by atoms with E-state index in [1.165, 1.54) is 12.4 Å². The SMILES string of the molecule is COCCNC(=O)c1cnc(Nc2ccc(C)cc2Br)cn1. The molecule has 116 valence electrons. The van der Waals surface area contributed by atoms with Gasteiger partial charge in [-0.05, 0) is 40.5 Å². The van der Waals surface area contributed by atoms with Gasteiger partial charge >= 0.3 is 0 Å². The third kappa shape index (κ3) is 4.51. The second kappa shape index (κ2) is 7.86. The van der Waals surface area contributed by atoms with Crippen LogP contribution in [0.1, 0.15) is 16.1 Å². The van der Waals surface area contributed by atoms with Gasteiger partial charge in [0.15, 0.2) is 0 Å². The predicted molar refractivity (Wildman–Crippen MR) is 88.4 cm³/mol. The number of hydrogen-bond donors (Lipinski definition) is 2. The second-order valence-corrected chi connectivity index (χ2v) is 5.50. The highest BCUT2D eigenvalue weighted by Gasteiger charge is 2.08. The van der Waals surface area contributed by atoms with Crippen molar-refractivity contribution in [1.82, 2.24) is 15.3 Å². The number of carbonyl (C=O) groups is 1. The molecular weight excluding hydrogens is 348 g/mol. The third-order valence-corrected chi connectivity index (χ3v) is 3.52. The normalized spacial score (nSPS) is 10.3. The van der Waals surface area contributed by atoms with Crippen molar-refractivity contribution in [2.75, 3.05) is 25.6 Å². The van der Waals surface area contributed by atoms with E-state index in [1.807, 2.05) is 25.1 Å². The molecule has 1 amide bonds. The van der Waals surface area contributed by atoms with Gasteiger partial charge in [-0.25, -0.2) is 9.97 Å². The summed E-state index contributed by atoms with van der Waals surface area (Å²) in [7, 11) is 1.58. The lowest BCUT2D eigenvalue weighted by Crippen LogP contribution is -2.27. The molecular formula is C15H17BrN4O2. The number of hydrogen-bond acceptors (Lipinski definition) is 5. The van der Waals surface area contributed by atoms with Crippen LogP contribution in [0.2, 0.25) is 0 Å². The lowest BCUT2D eigenvalue weighted by atomic mass is 10.2. The van der Waals surface area contributed by atoms with Crippen molar-refractivity contribution < 1.29 is 9.53 Å². The molecule has 22 heavy (non-hydrogen) atoms. The predicted octanol–water partition coefficient (Wildman–Crippen LogP) is 2.67. The Morgan fingerprint density at radius 2 is 2.14 bits per heavy atom. The Balaban J connectivity index is 2.01. The highest BCUT2D eigenvalue weighted by molar-refractivity contribution is 9.10. The van der Waals surface area contributed by atoms with E-state index in [2.05, 4.69) is 36.5 Å². The second-order valence-electron chi connectivity index (χ2n) is 4.64. The highest BCUT2D eigenvalue weighted by Crippen LogP contribution is 2.25. The first-order chi connectivity index (χ1) is 10.6. The molecule has 0 saturated heterocycles. The van der Waals surface area contributed by atoms with Crippen molar-refractivity contribution in [2.45, 2.75) is 6.92 Å². The summed E-state index contributed by atoms with van der Waals surface area (Å²) < 4.78 is 5.81. The van der Waals surface area contributed by atoms with Gasteiger partial charge in [-0.3, -0.25) is 4.79 Å². The Morgan fingerprint density at radius 1 is 1.32 bits per heavy atom. The number of carbonyl (C=O) groups excluding carboxylic acids is 1. The topological polar surface area (TPSA) is 76.1 Å².